The van der Waals surface area contributed by atoms with Gasteiger partial charge in [-0.25, -0.2) is 4.39 Å². The maximum atomic E-state index is 13.2. The van der Waals surface area contributed by atoms with E-state index in [2.05, 4.69) is 0 Å². The van der Waals surface area contributed by atoms with Gasteiger partial charge in [0, 0.05) is 19.0 Å². The molecule has 2 aliphatic rings. The minimum Gasteiger partial charge on any atom is -0.481 e. The maximum absolute atomic E-state index is 13.2. The maximum Gasteiger partial charge on any atom is 0.311 e. The van der Waals surface area contributed by atoms with E-state index in [0.29, 0.717) is 13.0 Å². The second kappa shape index (κ2) is 4.83. The number of aliphatic carboxylic acids is 1. The molecule has 1 aromatic rings. The summed E-state index contributed by atoms with van der Waals surface area (Å²) in [7, 11) is 0. The first-order valence-electron chi connectivity index (χ1n) is 7.18. The van der Waals surface area contributed by atoms with Crippen molar-refractivity contribution in [3.63, 3.8) is 0 Å². The molecule has 5 heteroatoms. The Bertz CT molecular complexity index is 603. The molecule has 1 amide bonds. The summed E-state index contributed by atoms with van der Waals surface area (Å²) in [4.78, 5) is 25.3. The predicted octanol–water partition coefficient (Wildman–Crippen LogP) is 2.25. The van der Waals surface area contributed by atoms with Crippen LogP contribution >= 0.6 is 0 Å². The Kier molecular flexibility index (Phi) is 3.23. The number of carboxylic acids is 1. The molecule has 0 spiro atoms. The van der Waals surface area contributed by atoms with E-state index in [1.807, 2.05) is 6.07 Å². The Morgan fingerprint density at radius 3 is 2.81 bits per heavy atom. The fraction of sp³-hybridized carbons (Fsp3) is 0.500. The third-order valence-corrected chi connectivity index (χ3v) is 4.69. The number of hydrogen-bond donors (Lipinski definition) is 1. The van der Waals surface area contributed by atoms with Crippen LogP contribution in [0.2, 0.25) is 0 Å². The van der Waals surface area contributed by atoms with Crippen LogP contribution in [0.5, 0.6) is 0 Å². The molecule has 112 valence electrons. The van der Waals surface area contributed by atoms with E-state index in [0.717, 1.165) is 12.0 Å². The zero-order valence-electron chi connectivity index (χ0n) is 11.9. The summed E-state index contributed by atoms with van der Waals surface area (Å²) in [5, 5.41) is 9.21. The molecule has 21 heavy (non-hydrogen) atoms. The smallest absolute Gasteiger partial charge is 0.311 e. The van der Waals surface area contributed by atoms with Crippen molar-refractivity contribution < 1.29 is 19.1 Å². The van der Waals surface area contributed by atoms with E-state index in [-0.39, 0.29) is 30.1 Å². The SMILES string of the molecule is C[C@]1(C(=O)O)CCN(C(=O)[C@@H]2C[C@@H]2c2cccc(F)c2)C1. The lowest BCUT2D eigenvalue weighted by Crippen LogP contribution is -2.35. The van der Waals surface area contributed by atoms with Crippen molar-refractivity contribution in [1.82, 2.24) is 4.90 Å². The number of hydrogen-bond acceptors (Lipinski definition) is 2. The number of halogens is 1. The Hall–Kier alpha value is -1.91. The molecule has 1 aliphatic carbocycles. The molecule has 1 aromatic carbocycles. The number of benzene rings is 1. The molecule has 3 rings (SSSR count). The minimum absolute atomic E-state index is 0.00855. The van der Waals surface area contributed by atoms with Crippen LogP contribution in [0, 0.1) is 17.2 Å². The number of amides is 1. The average Bonchev–Trinajstić information content (AvgIpc) is 3.14. The van der Waals surface area contributed by atoms with E-state index >= 15 is 0 Å². The summed E-state index contributed by atoms with van der Waals surface area (Å²) in [6.07, 6.45) is 1.22. The molecular weight excluding hydrogens is 273 g/mol. The Morgan fingerprint density at radius 2 is 2.19 bits per heavy atom. The van der Waals surface area contributed by atoms with Gasteiger partial charge >= 0.3 is 5.97 Å². The van der Waals surface area contributed by atoms with Crippen molar-refractivity contribution in [2.24, 2.45) is 11.3 Å². The zero-order valence-corrected chi connectivity index (χ0v) is 11.9. The van der Waals surface area contributed by atoms with Crippen LogP contribution in [0.4, 0.5) is 4.39 Å². The molecule has 1 aliphatic heterocycles. The molecule has 2 fully saturated rings. The predicted molar refractivity (Wildman–Crippen MR) is 74.2 cm³/mol. The largest absolute Gasteiger partial charge is 0.481 e. The van der Waals surface area contributed by atoms with Gasteiger partial charge in [-0.3, -0.25) is 9.59 Å². The lowest BCUT2D eigenvalue weighted by molar-refractivity contribution is -0.147. The number of likely N-dealkylation sites (tertiary alicyclic amines) is 1. The first-order valence-corrected chi connectivity index (χ1v) is 7.18. The first kappa shape index (κ1) is 14.0. The molecule has 1 heterocycles. The van der Waals surface area contributed by atoms with Gasteiger partial charge in [0.1, 0.15) is 5.82 Å². The molecule has 0 bridgehead atoms. The van der Waals surface area contributed by atoms with Crippen molar-refractivity contribution in [2.75, 3.05) is 13.1 Å². The monoisotopic (exact) mass is 291 g/mol. The number of carbonyl (C=O) groups is 2. The molecule has 1 saturated carbocycles. The van der Waals surface area contributed by atoms with Gasteiger partial charge in [-0.2, -0.15) is 0 Å². The second-order valence-corrected chi connectivity index (χ2v) is 6.38. The van der Waals surface area contributed by atoms with Crippen LogP contribution in [0.1, 0.15) is 31.2 Å². The minimum atomic E-state index is -0.852. The van der Waals surface area contributed by atoms with Crippen LogP contribution in [0.15, 0.2) is 24.3 Å². The highest BCUT2D eigenvalue weighted by Crippen LogP contribution is 2.49. The van der Waals surface area contributed by atoms with Gasteiger partial charge in [0.2, 0.25) is 5.91 Å². The van der Waals surface area contributed by atoms with Crippen molar-refractivity contribution in [2.45, 2.75) is 25.7 Å². The molecule has 1 saturated heterocycles. The summed E-state index contributed by atoms with van der Waals surface area (Å²) in [6.45, 7) is 2.45. The van der Waals surface area contributed by atoms with Crippen molar-refractivity contribution in [1.29, 1.82) is 0 Å². The van der Waals surface area contributed by atoms with Crippen LogP contribution in [0.3, 0.4) is 0 Å². The number of nitrogens with zero attached hydrogens (tertiary/aromatic N) is 1. The molecule has 4 nitrogen and oxygen atoms in total. The summed E-state index contributed by atoms with van der Waals surface area (Å²) >= 11 is 0. The van der Waals surface area contributed by atoms with E-state index in [4.69, 9.17) is 0 Å². The fourth-order valence-electron chi connectivity index (χ4n) is 3.13. The van der Waals surface area contributed by atoms with Crippen LogP contribution in [-0.4, -0.2) is 35.0 Å². The molecular formula is C16H18FNO3. The highest BCUT2D eigenvalue weighted by Gasteiger charge is 2.49. The van der Waals surface area contributed by atoms with E-state index in [9.17, 15) is 19.1 Å². The third kappa shape index (κ3) is 2.52. The summed E-state index contributed by atoms with van der Waals surface area (Å²) < 4.78 is 13.2. The van der Waals surface area contributed by atoms with E-state index in [1.54, 1.807) is 17.9 Å². The second-order valence-electron chi connectivity index (χ2n) is 6.38. The van der Waals surface area contributed by atoms with Crippen molar-refractivity contribution in [3.8, 4) is 0 Å². The summed E-state index contributed by atoms with van der Waals surface area (Å²) in [6, 6.07) is 6.36. The fourth-order valence-corrected chi connectivity index (χ4v) is 3.13. The van der Waals surface area contributed by atoms with Crippen molar-refractivity contribution in [3.05, 3.63) is 35.6 Å². The van der Waals surface area contributed by atoms with E-state index in [1.165, 1.54) is 12.1 Å². The Labute approximate surface area is 122 Å². The number of rotatable bonds is 3. The van der Waals surface area contributed by atoms with Crippen LogP contribution in [0.25, 0.3) is 0 Å². The first-order chi connectivity index (χ1) is 9.90. The van der Waals surface area contributed by atoms with Gasteiger partial charge < -0.3 is 10.0 Å². The number of carbonyl (C=O) groups excluding carboxylic acids is 1. The Morgan fingerprint density at radius 1 is 1.43 bits per heavy atom. The van der Waals surface area contributed by atoms with Gasteiger partial charge in [0.25, 0.3) is 0 Å². The molecule has 0 radical (unpaired) electrons. The molecule has 0 unspecified atom stereocenters. The van der Waals surface area contributed by atoms with Crippen molar-refractivity contribution >= 4 is 11.9 Å². The van der Waals surface area contributed by atoms with Gasteiger partial charge in [-0.05, 0) is 43.4 Å². The van der Waals surface area contributed by atoms with Gasteiger partial charge in [0.15, 0.2) is 0 Å². The topological polar surface area (TPSA) is 57.6 Å². The Balaban J connectivity index is 1.65. The average molecular weight is 291 g/mol. The molecule has 1 N–H and O–H groups in total. The van der Waals surface area contributed by atoms with Gasteiger partial charge in [-0.1, -0.05) is 12.1 Å². The zero-order chi connectivity index (χ0) is 15.2. The highest BCUT2D eigenvalue weighted by atomic mass is 19.1. The molecule has 0 aromatic heterocycles. The van der Waals surface area contributed by atoms with E-state index < -0.39 is 11.4 Å². The lowest BCUT2D eigenvalue weighted by Gasteiger charge is -2.20. The standard InChI is InChI=1S/C16H18FNO3/c1-16(15(20)21)5-6-18(9-16)14(19)13-8-12(13)10-3-2-4-11(17)7-10/h2-4,7,12-13H,5-6,8-9H2,1H3,(H,20,21)/t12-,13-,16+/m1/s1. The van der Waals surface area contributed by atoms with Gasteiger partial charge in [0.05, 0.1) is 5.41 Å². The lowest BCUT2D eigenvalue weighted by atomic mass is 9.90. The third-order valence-electron chi connectivity index (χ3n) is 4.69. The van der Waals surface area contributed by atoms with Gasteiger partial charge in [-0.15, -0.1) is 0 Å². The number of carboxylic acid groups (broad SMARTS) is 1. The van der Waals surface area contributed by atoms with Crippen LogP contribution in [-0.2, 0) is 9.59 Å². The van der Waals surface area contributed by atoms with Crippen LogP contribution < -0.4 is 0 Å². The quantitative estimate of drug-likeness (QED) is 0.929. The highest BCUT2D eigenvalue weighted by molar-refractivity contribution is 5.85. The summed E-state index contributed by atoms with van der Waals surface area (Å²) in [5.41, 5.74) is 0.0207. The summed E-state index contributed by atoms with van der Waals surface area (Å²) in [5.74, 6) is -1.18. The molecule has 3 atom stereocenters. The normalized spacial score (nSPS) is 31.2.